The normalized spacial score (nSPS) is 13.7. The lowest BCUT2D eigenvalue weighted by Gasteiger charge is -2.19. The lowest BCUT2D eigenvalue weighted by Crippen LogP contribution is -2.19. The molecule has 0 bridgehead atoms. The molecule has 1 heterocycles. The molecule has 0 saturated heterocycles. The number of rotatable bonds is 9. The van der Waals surface area contributed by atoms with Gasteiger partial charge in [-0.1, -0.05) is 77.1 Å². The SMILES string of the molecule is CCCCCCCCCC(N)c1snnc1C(C)(C)C. The molecule has 1 unspecified atom stereocenters. The van der Waals surface area contributed by atoms with Gasteiger partial charge in [0, 0.05) is 11.5 Å². The molecule has 1 aromatic rings. The quantitative estimate of drug-likeness (QED) is 0.654. The van der Waals surface area contributed by atoms with Crippen LogP contribution in [0.4, 0.5) is 0 Å². The Morgan fingerprint density at radius 3 is 2.25 bits per heavy atom. The molecule has 4 heteroatoms. The van der Waals surface area contributed by atoms with Gasteiger partial charge < -0.3 is 5.73 Å². The molecule has 116 valence electrons. The van der Waals surface area contributed by atoms with E-state index in [0.29, 0.717) is 0 Å². The molecule has 1 atom stereocenters. The van der Waals surface area contributed by atoms with Crippen molar-refractivity contribution in [1.29, 1.82) is 0 Å². The van der Waals surface area contributed by atoms with Crippen molar-refractivity contribution in [2.75, 3.05) is 0 Å². The van der Waals surface area contributed by atoms with Crippen molar-refractivity contribution >= 4 is 11.5 Å². The van der Waals surface area contributed by atoms with Crippen LogP contribution in [0.3, 0.4) is 0 Å². The highest BCUT2D eigenvalue weighted by molar-refractivity contribution is 7.05. The van der Waals surface area contributed by atoms with Gasteiger partial charge in [0.1, 0.15) is 0 Å². The van der Waals surface area contributed by atoms with Crippen molar-refractivity contribution in [2.45, 2.75) is 90.5 Å². The zero-order valence-corrected chi connectivity index (χ0v) is 14.4. The van der Waals surface area contributed by atoms with Gasteiger partial charge in [-0.05, 0) is 18.0 Å². The fourth-order valence-corrected chi connectivity index (χ4v) is 3.31. The molecule has 1 rings (SSSR count). The van der Waals surface area contributed by atoms with Crippen LogP contribution in [0.1, 0.15) is 95.7 Å². The Kier molecular flexibility index (Phi) is 7.67. The number of nitrogens with two attached hydrogens (primary N) is 1. The summed E-state index contributed by atoms with van der Waals surface area (Å²) in [5, 5.41) is 4.28. The summed E-state index contributed by atoms with van der Waals surface area (Å²) in [6.45, 7) is 8.78. The Morgan fingerprint density at radius 2 is 1.65 bits per heavy atom. The van der Waals surface area contributed by atoms with Gasteiger partial charge in [-0.3, -0.25) is 0 Å². The van der Waals surface area contributed by atoms with E-state index in [1.807, 2.05) is 0 Å². The smallest absolute Gasteiger partial charge is 0.0856 e. The molecule has 1 aromatic heterocycles. The molecule has 0 aliphatic rings. The lowest BCUT2D eigenvalue weighted by molar-refractivity contribution is 0.521. The zero-order valence-electron chi connectivity index (χ0n) is 13.6. The average Bonchev–Trinajstić information content (AvgIpc) is 2.86. The van der Waals surface area contributed by atoms with E-state index in [9.17, 15) is 0 Å². The molecule has 0 fully saturated rings. The van der Waals surface area contributed by atoms with E-state index in [1.165, 1.54) is 61.4 Å². The first kappa shape index (κ1) is 17.6. The van der Waals surface area contributed by atoms with Gasteiger partial charge in [-0.15, -0.1) is 5.10 Å². The van der Waals surface area contributed by atoms with E-state index in [-0.39, 0.29) is 11.5 Å². The number of aromatic nitrogens is 2. The Morgan fingerprint density at radius 1 is 1.05 bits per heavy atom. The third-order valence-electron chi connectivity index (χ3n) is 3.68. The topological polar surface area (TPSA) is 51.8 Å². The molecule has 0 radical (unpaired) electrons. The van der Waals surface area contributed by atoms with Gasteiger partial charge in [0.05, 0.1) is 10.6 Å². The summed E-state index contributed by atoms with van der Waals surface area (Å²) in [4.78, 5) is 1.18. The fourth-order valence-electron chi connectivity index (χ4n) is 2.41. The van der Waals surface area contributed by atoms with Crippen molar-refractivity contribution in [2.24, 2.45) is 5.73 Å². The van der Waals surface area contributed by atoms with E-state index >= 15 is 0 Å². The van der Waals surface area contributed by atoms with Crippen LogP contribution >= 0.6 is 11.5 Å². The highest BCUT2D eigenvalue weighted by Crippen LogP contribution is 2.31. The van der Waals surface area contributed by atoms with Gasteiger partial charge in [0.15, 0.2) is 0 Å². The summed E-state index contributed by atoms with van der Waals surface area (Å²) in [5.74, 6) is 0. The number of nitrogens with zero attached hydrogens (tertiary/aromatic N) is 2. The Balaban J connectivity index is 2.30. The van der Waals surface area contributed by atoms with Crippen molar-refractivity contribution in [3.8, 4) is 0 Å². The molecule has 2 N–H and O–H groups in total. The monoisotopic (exact) mass is 297 g/mol. The third kappa shape index (κ3) is 5.88. The minimum atomic E-state index is 0.0418. The first-order valence-corrected chi connectivity index (χ1v) is 8.82. The minimum absolute atomic E-state index is 0.0418. The zero-order chi connectivity index (χ0) is 15.0. The number of hydrogen-bond donors (Lipinski definition) is 1. The molecule has 20 heavy (non-hydrogen) atoms. The fraction of sp³-hybridized carbons (Fsp3) is 0.875. The molecule has 0 spiro atoms. The van der Waals surface area contributed by atoms with Crippen molar-refractivity contribution < 1.29 is 0 Å². The van der Waals surface area contributed by atoms with Gasteiger partial charge >= 0.3 is 0 Å². The van der Waals surface area contributed by atoms with Crippen LogP contribution in [0.25, 0.3) is 0 Å². The molecule has 0 saturated carbocycles. The molecular weight excluding hydrogens is 266 g/mol. The first-order valence-electron chi connectivity index (χ1n) is 8.05. The number of unbranched alkanes of at least 4 members (excludes halogenated alkanes) is 6. The summed E-state index contributed by atoms with van der Waals surface area (Å²) in [5.41, 5.74) is 7.45. The highest BCUT2D eigenvalue weighted by atomic mass is 32.1. The average molecular weight is 298 g/mol. The van der Waals surface area contributed by atoms with Crippen LogP contribution in [0.15, 0.2) is 0 Å². The summed E-state index contributed by atoms with van der Waals surface area (Å²) in [6, 6.07) is 0.111. The van der Waals surface area contributed by atoms with Crippen LogP contribution < -0.4 is 5.73 Å². The Bertz CT molecular complexity index is 368. The van der Waals surface area contributed by atoms with Crippen molar-refractivity contribution in [1.82, 2.24) is 9.59 Å². The molecule has 0 aromatic carbocycles. The van der Waals surface area contributed by atoms with Gasteiger partial charge in [0.2, 0.25) is 0 Å². The summed E-state index contributed by atoms with van der Waals surface area (Å²) in [6.07, 6.45) is 10.4. The number of hydrogen-bond acceptors (Lipinski definition) is 4. The Hall–Kier alpha value is -0.480. The van der Waals surface area contributed by atoms with Crippen molar-refractivity contribution in [3.05, 3.63) is 10.6 Å². The Labute approximate surface area is 128 Å². The van der Waals surface area contributed by atoms with Crippen LogP contribution in [0, 0.1) is 0 Å². The van der Waals surface area contributed by atoms with Gasteiger partial charge in [0.25, 0.3) is 0 Å². The van der Waals surface area contributed by atoms with Crippen LogP contribution in [-0.4, -0.2) is 9.59 Å². The molecule has 0 aliphatic carbocycles. The summed E-state index contributed by atoms with van der Waals surface area (Å²) in [7, 11) is 0. The largest absolute Gasteiger partial charge is 0.323 e. The van der Waals surface area contributed by atoms with E-state index in [0.717, 1.165) is 12.1 Å². The molecule has 0 aliphatic heterocycles. The first-order chi connectivity index (χ1) is 9.46. The maximum absolute atomic E-state index is 6.33. The minimum Gasteiger partial charge on any atom is -0.323 e. The summed E-state index contributed by atoms with van der Waals surface area (Å²) >= 11 is 1.47. The van der Waals surface area contributed by atoms with E-state index in [1.54, 1.807) is 0 Å². The van der Waals surface area contributed by atoms with E-state index < -0.39 is 0 Å². The predicted molar refractivity (Wildman–Crippen MR) is 88.1 cm³/mol. The molecule has 0 amide bonds. The second-order valence-corrected chi connectivity index (χ2v) is 7.54. The maximum Gasteiger partial charge on any atom is 0.0856 e. The van der Waals surface area contributed by atoms with Gasteiger partial charge in [-0.25, -0.2) is 0 Å². The molecular formula is C16H31N3S. The maximum atomic E-state index is 6.33. The standard InChI is InChI=1S/C16H31N3S/c1-5-6-7-8-9-10-11-12-13(17)14-15(16(2,3)4)18-19-20-14/h13H,5-12,17H2,1-4H3. The van der Waals surface area contributed by atoms with Crippen LogP contribution in [0.5, 0.6) is 0 Å². The third-order valence-corrected chi connectivity index (χ3v) is 4.54. The lowest BCUT2D eigenvalue weighted by atomic mass is 9.89. The second kappa shape index (κ2) is 8.73. The molecule has 3 nitrogen and oxygen atoms in total. The van der Waals surface area contributed by atoms with E-state index in [4.69, 9.17) is 5.73 Å². The van der Waals surface area contributed by atoms with Crippen LogP contribution in [0.2, 0.25) is 0 Å². The second-order valence-electron chi connectivity index (χ2n) is 6.75. The van der Waals surface area contributed by atoms with E-state index in [2.05, 4.69) is 37.3 Å². The van der Waals surface area contributed by atoms with Gasteiger partial charge in [-0.2, -0.15) is 0 Å². The summed E-state index contributed by atoms with van der Waals surface area (Å²) < 4.78 is 4.10. The van der Waals surface area contributed by atoms with Crippen molar-refractivity contribution in [3.63, 3.8) is 0 Å². The predicted octanol–water partition coefficient (Wildman–Crippen LogP) is 4.98. The van der Waals surface area contributed by atoms with Crippen LogP contribution in [-0.2, 0) is 5.41 Å². The highest BCUT2D eigenvalue weighted by Gasteiger charge is 2.25.